The Morgan fingerprint density at radius 3 is 2.05 bits per heavy atom. The van der Waals surface area contributed by atoms with Crippen LogP contribution in [0, 0.1) is 16.0 Å². The fourth-order valence-electron chi connectivity index (χ4n) is 0.956. The molecule has 0 aliphatic heterocycles. The molecule has 0 radical (unpaired) electrons. The molecule has 0 heterocycles. The molecule has 7 nitrogen and oxygen atoms in total. The summed E-state index contributed by atoms with van der Waals surface area (Å²) in [5.41, 5.74) is 0.451. The maximum absolute atomic E-state index is 10.9. The highest BCUT2D eigenvalue weighted by Crippen LogP contribution is 2.03. The first-order chi connectivity index (χ1) is 9.26. The first-order valence-electron chi connectivity index (χ1n) is 6.37. The third-order valence-corrected chi connectivity index (χ3v) is 2.06. The molecule has 0 saturated carbocycles. The number of esters is 2. The molecule has 0 N–H and O–H groups in total. The van der Waals surface area contributed by atoms with Gasteiger partial charge in [-0.1, -0.05) is 13.5 Å². The third kappa shape index (κ3) is 12.5. The topological polar surface area (TPSA) is 95.7 Å². The minimum absolute atomic E-state index is 0.181. The third-order valence-electron chi connectivity index (χ3n) is 2.06. The zero-order valence-corrected chi connectivity index (χ0v) is 12.5. The van der Waals surface area contributed by atoms with Gasteiger partial charge in [0.15, 0.2) is 0 Å². The van der Waals surface area contributed by atoms with Crippen LogP contribution < -0.4 is 0 Å². The van der Waals surface area contributed by atoms with Crippen molar-refractivity contribution in [1.29, 1.82) is 0 Å². The van der Waals surface area contributed by atoms with E-state index < -0.39 is 4.92 Å². The van der Waals surface area contributed by atoms with E-state index in [0.717, 1.165) is 0 Å². The van der Waals surface area contributed by atoms with E-state index in [1.165, 1.54) is 0 Å². The van der Waals surface area contributed by atoms with Crippen molar-refractivity contribution >= 4 is 11.9 Å². The maximum atomic E-state index is 10.9. The quantitative estimate of drug-likeness (QED) is 0.308. The van der Waals surface area contributed by atoms with Gasteiger partial charge in [0.1, 0.15) is 0 Å². The van der Waals surface area contributed by atoms with Gasteiger partial charge < -0.3 is 9.47 Å². The average molecular weight is 289 g/mol. The molecule has 0 aromatic carbocycles. The Morgan fingerprint density at radius 1 is 1.25 bits per heavy atom. The summed E-state index contributed by atoms with van der Waals surface area (Å²) in [6, 6.07) is 0. The molecule has 20 heavy (non-hydrogen) atoms. The highest BCUT2D eigenvalue weighted by Gasteiger charge is 2.15. The lowest BCUT2D eigenvalue weighted by atomic mass is 10.1. The molecule has 0 bridgehead atoms. The molecule has 7 heteroatoms. The predicted molar refractivity (Wildman–Crippen MR) is 73.7 cm³/mol. The summed E-state index contributed by atoms with van der Waals surface area (Å²) in [6.45, 7) is 10.7. The van der Waals surface area contributed by atoms with E-state index in [0.29, 0.717) is 18.8 Å². The van der Waals surface area contributed by atoms with Gasteiger partial charge in [-0.2, -0.15) is 0 Å². The van der Waals surface area contributed by atoms with Crippen LogP contribution >= 0.6 is 0 Å². The standard InChI is InChI=1S/C7H13NO4.C6H10O2/c1-3-12-7(9)6(2)4-5-8(10)11;1-4-8-6(7)5(2)3/h6H,3-5H2,1-2H3;2,4H2,1,3H3. The number of nitrogens with zero attached hydrogens (tertiary/aromatic N) is 1. The lowest BCUT2D eigenvalue weighted by Crippen LogP contribution is -2.17. The predicted octanol–water partition coefficient (Wildman–Crippen LogP) is 1.98. The second kappa shape index (κ2) is 12.1. The van der Waals surface area contributed by atoms with Crippen LogP contribution in [0.2, 0.25) is 0 Å². The van der Waals surface area contributed by atoms with Gasteiger partial charge in [0.2, 0.25) is 6.54 Å². The molecule has 0 fully saturated rings. The lowest BCUT2D eigenvalue weighted by Gasteiger charge is -2.06. The van der Waals surface area contributed by atoms with Crippen LogP contribution in [0.15, 0.2) is 12.2 Å². The Kier molecular flexibility index (Phi) is 12.4. The number of hydrogen-bond donors (Lipinski definition) is 0. The molecule has 0 rings (SSSR count). The van der Waals surface area contributed by atoms with Crippen LogP contribution in [0.4, 0.5) is 0 Å². The summed E-state index contributed by atoms with van der Waals surface area (Å²) < 4.78 is 9.24. The largest absolute Gasteiger partial charge is 0.466 e. The highest BCUT2D eigenvalue weighted by molar-refractivity contribution is 5.86. The van der Waals surface area contributed by atoms with E-state index in [4.69, 9.17) is 0 Å². The molecule has 0 amide bonds. The van der Waals surface area contributed by atoms with E-state index in [2.05, 4.69) is 16.1 Å². The van der Waals surface area contributed by atoms with Crippen LogP contribution in [0.25, 0.3) is 0 Å². The summed E-state index contributed by atoms with van der Waals surface area (Å²) in [6.07, 6.45) is 0.242. The smallest absolute Gasteiger partial charge is 0.333 e. The van der Waals surface area contributed by atoms with Crippen LogP contribution in [0.3, 0.4) is 0 Å². The Hall–Kier alpha value is -1.92. The van der Waals surface area contributed by atoms with E-state index in [1.807, 2.05) is 0 Å². The molecule has 0 aromatic heterocycles. The normalized spacial score (nSPS) is 10.6. The summed E-state index contributed by atoms with van der Waals surface area (Å²) in [5.74, 6) is -1.05. The SMILES string of the molecule is C=C(C)C(=O)OCC.CCOC(=O)C(C)CC[N+](=O)[O-]. The average Bonchev–Trinajstić information content (AvgIpc) is 2.37. The fourth-order valence-corrected chi connectivity index (χ4v) is 0.956. The van der Waals surface area contributed by atoms with Crippen molar-refractivity contribution < 1.29 is 24.0 Å². The molecule has 0 spiro atoms. The van der Waals surface area contributed by atoms with Gasteiger partial charge in [-0.3, -0.25) is 14.9 Å². The van der Waals surface area contributed by atoms with E-state index in [-0.39, 0.29) is 30.8 Å². The van der Waals surface area contributed by atoms with E-state index in [1.54, 1.807) is 27.7 Å². The number of hydrogen-bond acceptors (Lipinski definition) is 6. The summed E-state index contributed by atoms with van der Waals surface area (Å²) in [4.78, 5) is 30.8. The molecule has 1 atom stereocenters. The van der Waals surface area contributed by atoms with Crippen molar-refractivity contribution in [3.05, 3.63) is 22.3 Å². The number of carbonyl (C=O) groups is 2. The Balaban J connectivity index is 0. The van der Waals surface area contributed by atoms with E-state index >= 15 is 0 Å². The van der Waals surface area contributed by atoms with Gasteiger partial charge >= 0.3 is 11.9 Å². The zero-order chi connectivity index (χ0) is 16.1. The van der Waals surface area contributed by atoms with Gasteiger partial charge in [-0.05, 0) is 20.8 Å². The van der Waals surface area contributed by atoms with Crippen molar-refractivity contribution in [2.75, 3.05) is 19.8 Å². The van der Waals surface area contributed by atoms with Crippen molar-refractivity contribution in [2.24, 2.45) is 5.92 Å². The Bertz CT molecular complexity index is 340. The summed E-state index contributed by atoms with van der Waals surface area (Å²) in [5, 5.41) is 9.94. The highest BCUT2D eigenvalue weighted by atomic mass is 16.6. The van der Waals surface area contributed by atoms with E-state index in [9.17, 15) is 19.7 Å². The van der Waals surface area contributed by atoms with Crippen molar-refractivity contribution in [3.8, 4) is 0 Å². The number of ether oxygens (including phenoxy) is 2. The monoisotopic (exact) mass is 289 g/mol. The Labute approximate surface area is 119 Å². The second-order valence-corrected chi connectivity index (χ2v) is 4.00. The molecule has 0 saturated heterocycles. The maximum Gasteiger partial charge on any atom is 0.333 e. The van der Waals surface area contributed by atoms with Crippen molar-refractivity contribution in [3.63, 3.8) is 0 Å². The van der Waals surface area contributed by atoms with Crippen molar-refractivity contribution in [1.82, 2.24) is 0 Å². The minimum atomic E-state index is -0.435. The van der Waals surface area contributed by atoms with Gasteiger partial charge in [-0.25, -0.2) is 4.79 Å². The number of carbonyl (C=O) groups excluding carboxylic acids is 2. The lowest BCUT2D eigenvalue weighted by molar-refractivity contribution is -0.481. The minimum Gasteiger partial charge on any atom is -0.466 e. The zero-order valence-electron chi connectivity index (χ0n) is 12.5. The van der Waals surface area contributed by atoms with Crippen molar-refractivity contribution in [2.45, 2.75) is 34.1 Å². The van der Waals surface area contributed by atoms with Gasteiger partial charge in [0.25, 0.3) is 0 Å². The molecular formula is C13H23NO6. The molecule has 0 aliphatic rings. The van der Waals surface area contributed by atoms with Crippen LogP contribution in [0.5, 0.6) is 0 Å². The molecule has 116 valence electrons. The first-order valence-corrected chi connectivity index (χ1v) is 6.37. The summed E-state index contributed by atoms with van der Waals surface area (Å²) >= 11 is 0. The fraction of sp³-hybridized carbons (Fsp3) is 0.692. The Morgan fingerprint density at radius 2 is 1.75 bits per heavy atom. The van der Waals surface area contributed by atoms with Crippen LogP contribution in [-0.2, 0) is 19.1 Å². The number of nitro groups is 1. The molecular weight excluding hydrogens is 266 g/mol. The summed E-state index contributed by atoms with van der Waals surface area (Å²) in [7, 11) is 0. The number of rotatable bonds is 7. The van der Waals surface area contributed by atoms with Crippen LogP contribution in [0.1, 0.15) is 34.1 Å². The van der Waals surface area contributed by atoms with Gasteiger partial charge in [-0.15, -0.1) is 0 Å². The second-order valence-electron chi connectivity index (χ2n) is 4.00. The first kappa shape index (κ1) is 20.4. The van der Waals surface area contributed by atoms with Crippen LogP contribution in [-0.4, -0.2) is 36.6 Å². The molecule has 0 aromatic rings. The van der Waals surface area contributed by atoms with Gasteiger partial charge in [0, 0.05) is 16.9 Å². The molecule has 0 aliphatic carbocycles. The molecule has 1 unspecified atom stereocenters. The van der Waals surface area contributed by atoms with Gasteiger partial charge in [0.05, 0.1) is 19.1 Å².